The van der Waals surface area contributed by atoms with E-state index in [2.05, 4.69) is 15.6 Å². The first-order valence-corrected chi connectivity index (χ1v) is 6.69. The average molecular weight is 290 g/mol. The van der Waals surface area contributed by atoms with Gasteiger partial charge in [0.05, 0.1) is 6.54 Å². The molecule has 0 saturated heterocycles. The number of amides is 1. The van der Waals surface area contributed by atoms with E-state index < -0.39 is 0 Å². The van der Waals surface area contributed by atoms with Crippen LogP contribution in [0, 0.1) is 6.92 Å². The Morgan fingerprint density at radius 3 is 2.85 bits per heavy atom. The van der Waals surface area contributed by atoms with Crippen LogP contribution < -0.4 is 10.6 Å². The van der Waals surface area contributed by atoms with E-state index in [1.54, 1.807) is 30.5 Å². The van der Waals surface area contributed by atoms with Gasteiger partial charge in [-0.1, -0.05) is 23.7 Å². The van der Waals surface area contributed by atoms with Crippen molar-refractivity contribution in [3.8, 4) is 0 Å². The maximum Gasteiger partial charge on any atom is 0.238 e. The Labute approximate surface area is 123 Å². The summed E-state index contributed by atoms with van der Waals surface area (Å²) in [6, 6.07) is 11.0. The highest BCUT2D eigenvalue weighted by atomic mass is 35.5. The van der Waals surface area contributed by atoms with E-state index in [9.17, 15) is 4.79 Å². The van der Waals surface area contributed by atoms with Gasteiger partial charge in [-0.05, 0) is 36.8 Å². The molecule has 2 N–H and O–H groups in total. The maximum absolute atomic E-state index is 11.7. The number of hydrogen-bond acceptors (Lipinski definition) is 3. The van der Waals surface area contributed by atoms with Gasteiger partial charge in [-0.15, -0.1) is 0 Å². The molecular weight excluding hydrogens is 274 g/mol. The van der Waals surface area contributed by atoms with Crippen LogP contribution in [0.5, 0.6) is 0 Å². The van der Waals surface area contributed by atoms with Crippen molar-refractivity contribution in [2.24, 2.45) is 0 Å². The van der Waals surface area contributed by atoms with Crippen LogP contribution in [0.2, 0.25) is 5.02 Å². The van der Waals surface area contributed by atoms with Crippen molar-refractivity contribution in [1.29, 1.82) is 0 Å². The molecule has 1 aromatic carbocycles. The van der Waals surface area contributed by atoms with E-state index in [4.69, 9.17) is 11.6 Å². The average Bonchev–Trinajstić information content (AvgIpc) is 2.41. The van der Waals surface area contributed by atoms with Crippen molar-refractivity contribution in [3.05, 3.63) is 58.9 Å². The van der Waals surface area contributed by atoms with Crippen molar-refractivity contribution >= 4 is 23.2 Å². The summed E-state index contributed by atoms with van der Waals surface area (Å²) in [5, 5.41) is 6.45. The van der Waals surface area contributed by atoms with Gasteiger partial charge in [-0.3, -0.25) is 9.78 Å². The van der Waals surface area contributed by atoms with Crippen LogP contribution >= 0.6 is 11.6 Å². The second kappa shape index (κ2) is 7.03. The van der Waals surface area contributed by atoms with Crippen molar-refractivity contribution in [2.75, 3.05) is 11.9 Å². The fraction of sp³-hybridized carbons (Fsp3) is 0.200. The van der Waals surface area contributed by atoms with E-state index in [0.717, 1.165) is 11.3 Å². The summed E-state index contributed by atoms with van der Waals surface area (Å²) in [7, 11) is 0. The first-order valence-electron chi connectivity index (χ1n) is 6.31. The molecule has 0 saturated carbocycles. The molecule has 1 amide bonds. The smallest absolute Gasteiger partial charge is 0.238 e. The molecular formula is C15H16ClN3O. The van der Waals surface area contributed by atoms with Crippen molar-refractivity contribution in [1.82, 2.24) is 10.3 Å². The fourth-order valence-corrected chi connectivity index (χ4v) is 1.89. The number of pyridine rings is 1. The highest BCUT2D eigenvalue weighted by Gasteiger charge is 2.02. The standard InChI is InChI=1S/C15H16ClN3O/c1-11-5-6-12(9-18-11)8-17-10-15(20)19-14-4-2-3-13(16)7-14/h2-7,9,17H,8,10H2,1H3,(H,19,20). The zero-order chi connectivity index (χ0) is 14.4. The van der Waals surface area contributed by atoms with Crippen LogP contribution in [0.15, 0.2) is 42.6 Å². The van der Waals surface area contributed by atoms with Gasteiger partial charge >= 0.3 is 0 Å². The number of anilines is 1. The lowest BCUT2D eigenvalue weighted by atomic mass is 10.2. The predicted molar refractivity (Wildman–Crippen MR) is 80.8 cm³/mol. The van der Waals surface area contributed by atoms with Crippen LogP contribution in [-0.4, -0.2) is 17.4 Å². The first-order chi connectivity index (χ1) is 9.63. The topological polar surface area (TPSA) is 54.0 Å². The molecule has 0 radical (unpaired) electrons. The third kappa shape index (κ3) is 4.64. The number of carbonyl (C=O) groups excluding carboxylic acids is 1. The summed E-state index contributed by atoms with van der Waals surface area (Å²) in [5.74, 6) is -0.104. The normalized spacial score (nSPS) is 10.3. The molecule has 104 valence electrons. The molecule has 0 atom stereocenters. The Morgan fingerprint density at radius 2 is 2.15 bits per heavy atom. The van der Waals surface area contributed by atoms with Gasteiger partial charge < -0.3 is 10.6 Å². The molecule has 0 aliphatic rings. The highest BCUT2D eigenvalue weighted by molar-refractivity contribution is 6.30. The zero-order valence-corrected chi connectivity index (χ0v) is 11.9. The maximum atomic E-state index is 11.7. The van der Waals surface area contributed by atoms with Gasteiger partial charge in [0.15, 0.2) is 0 Å². The Bertz CT molecular complexity index is 584. The molecule has 4 nitrogen and oxygen atoms in total. The number of carbonyl (C=O) groups is 1. The number of rotatable bonds is 5. The Hall–Kier alpha value is -1.91. The lowest BCUT2D eigenvalue weighted by Crippen LogP contribution is -2.27. The van der Waals surface area contributed by atoms with Gasteiger partial charge in [0.2, 0.25) is 5.91 Å². The summed E-state index contributed by atoms with van der Waals surface area (Å²) in [4.78, 5) is 15.9. The molecule has 0 aliphatic heterocycles. The van der Waals surface area contributed by atoms with Gasteiger partial charge in [0, 0.05) is 29.1 Å². The minimum absolute atomic E-state index is 0.104. The van der Waals surface area contributed by atoms with Crippen LogP contribution in [0.3, 0.4) is 0 Å². The largest absolute Gasteiger partial charge is 0.325 e. The number of halogens is 1. The highest BCUT2D eigenvalue weighted by Crippen LogP contribution is 2.14. The Kier molecular flexibility index (Phi) is 5.09. The van der Waals surface area contributed by atoms with Gasteiger partial charge in [0.25, 0.3) is 0 Å². The van der Waals surface area contributed by atoms with Crippen molar-refractivity contribution < 1.29 is 4.79 Å². The summed E-state index contributed by atoms with van der Waals surface area (Å²) >= 11 is 5.85. The number of nitrogens with one attached hydrogen (secondary N) is 2. The van der Waals surface area contributed by atoms with Gasteiger partial charge in [-0.2, -0.15) is 0 Å². The zero-order valence-electron chi connectivity index (χ0n) is 11.2. The van der Waals surface area contributed by atoms with Crippen LogP contribution in [0.1, 0.15) is 11.3 Å². The SMILES string of the molecule is Cc1ccc(CNCC(=O)Nc2cccc(Cl)c2)cn1. The molecule has 2 aromatic rings. The molecule has 0 aliphatic carbocycles. The predicted octanol–water partition coefficient (Wildman–Crippen LogP) is 2.77. The van der Waals surface area contributed by atoms with Gasteiger partial charge in [0.1, 0.15) is 0 Å². The van der Waals surface area contributed by atoms with E-state index >= 15 is 0 Å². The van der Waals surface area contributed by atoms with E-state index in [1.165, 1.54) is 0 Å². The monoisotopic (exact) mass is 289 g/mol. The second-order valence-electron chi connectivity index (χ2n) is 4.47. The minimum Gasteiger partial charge on any atom is -0.325 e. The second-order valence-corrected chi connectivity index (χ2v) is 4.91. The molecule has 0 bridgehead atoms. The van der Waals surface area contributed by atoms with Crippen LogP contribution in [0.25, 0.3) is 0 Å². The summed E-state index contributed by atoms with van der Waals surface area (Å²) in [6.45, 7) is 2.78. The van der Waals surface area contributed by atoms with E-state index in [0.29, 0.717) is 17.3 Å². The molecule has 5 heteroatoms. The minimum atomic E-state index is -0.104. The number of benzene rings is 1. The summed E-state index contributed by atoms with van der Waals surface area (Å²) in [6.07, 6.45) is 1.80. The fourth-order valence-electron chi connectivity index (χ4n) is 1.69. The number of aromatic nitrogens is 1. The van der Waals surface area contributed by atoms with Crippen LogP contribution in [-0.2, 0) is 11.3 Å². The van der Waals surface area contributed by atoms with E-state index in [-0.39, 0.29) is 12.5 Å². The van der Waals surface area contributed by atoms with Crippen LogP contribution in [0.4, 0.5) is 5.69 Å². The third-order valence-electron chi connectivity index (χ3n) is 2.70. The molecule has 1 aromatic heterocycles. The summed E-state index contributed by atoms with van der Waals surface area (Å²) in [5.41, 5.74) is 2.72. The molecule has 1 heterocycles. The van der Waals surface area contributed by atoms with Crippen molar-refractivity contribution in [2.45, 2.75) is 13.5 Å². The molecule has 2 rings (SSSR count). The lowest BCUT2D eigenvalue weighted by Gasteiger charge is -2.07. The molecule has 0 unspecified atom stereocenters. The number of hydrogen-bond donors (Lipinski definition) is 2. The van der Waals surface area contributed by atoms with E-state index in [1.807, 2.05) is 19.1 Å². The molecule has 20 heavy (non-hydrogen) atoms. The Morgan fingerprint density at radius 1 is 1.30 bits per heavy atom. The van der Waals surface area contributed by atoms with Crippen molar-refractivity contribution in [3.63, 3.8) is 0 Å². The number of nitrogens with zero attached hydrogens (tertiary/aromatic N) is 1. The molecule has 0 fully saturated rings. The molecule has 0 spiro atoms. The number of aryl methyl sites for hydroxylation is 1. The first kappa shape index (κ1) is 14.5. The lowest BCUT2D eigenvalue weighted by molar-refractivity contribution is -0.115. The van der Waals surface area contributed by atoms with Gasteiger partial charge in [-0.25, -0.2) is 0 Å². The Balaban J connectivity index is 1.76. The summed E-state index contributed by atoms with van der Waals surface area (Å²) < 4.78 is 0. The third-order valence-corrected chi connectivity index (χ3v) is 2.93. The quantitative estimate of drug-likeness (QED) is 0.890.